The van der Waals surface area contributed by atoms with E-state index in [9.17, 15) is 0 Å². The lowest BCUT2D eigenvalue weighted by Crippen LogP contribution is -2.49. The molecule has 3 heteroatoms. The van der Waals surface area contributed by atoms with Gasteiger partial charge in [0, 0.05) is 6.54 Å². The molecule has 0 aliphatic carbocycles. The molecule has 1 aromatic carbocycles. The van der Waals surface area contributed by atoms with Gasteiger partial charge in [0.25, 0.3) is 0 Å². The minimum Gasteiger partial charge on any atom is -0.394 e. The second-order valence-corrected chi connectivity index (χ2v) is 4.20. The Morgan fingerprint density at radius 2 is 1.81 bits per heavy atom. The summed E-state index contributed by atoms with van der Waals surface area (Å²) in [6.45, 7) is 6.07. The van der Waals surface area contributed by atoms with E-state index in [0.717, 1.165) is 11.1 Å². The molecule has 0 saturated carbocycles. The van der Waals surface area contributed by atoms with Crippen molar-refractivity contribution in [3.05, 3.63) is 42.5 Å². The van der Waals surface area contributed by atoms with Crippen LogP contribution in [-0.2, 0) is 0 Å². The number of rotatable bonds is 6. The summed E-state index contributed by atoms with van der Waals surface area (Å²) in [5.41, 5.74) is 1.35. The molecule has 0 spiro atoms. The summed E-state index contributed by atoms with van der Waals surface area (Å²) in [4.78, 5) is 0. The van der Waals surface area contributed by atoms with E-state index < -0.39 is 5.54 Å². The summed E-state index contributed by atoms with van der Waals surface area (Å²) in [5, 5.41) is 21.3. The van der Waals surface area contributed by atoms with Crippen LogP contribution in [0.15, 0.2) is 36.9 Å². The van der Waals surface area contributed by atoms with E-state index in [4.69, 9.17) is 10.2 Å². The summed E-state index contributed by atoms with van der Waals surface area (Å²) in [5.74, 6) is 0. The fourth-order valence-corrected chi connectivity index (χ4v) is 1.26. The average Bonchev–Trinajstić information content (AvgIpc) is 2.36. The van der Waals surface area contributed by atoms with Crippen LogP contribution in [0.1, 0.15) is 12.5 Å². The minimum atomic E-state index is -0.655. The van der Waals surface area contributed by atoms with Crippen LogP contribution in [-0.4, -0.2) is 35.5 Å². The molecular formula is C13H19NO2. The van der Waals surface area contributed by atoms with Crippen LogP contribution in [0, 0.1) is 0 Å². The van der Waals surface area contributed by atoms with Gasteiger partial charge in [0.1, 0.15) is 0 Å². The lowest BCUT2D eigenvalue weighted by Gasteiger charge is -2.26. The molecule has 0 saturated heterocycles. The third kappa shape index (κ3) is 3.45. The minimum absolute atomic E-state index is 0.106. The first kappa shape index (κ1) is 12.9. The van der Waals surface area contributed by atoms with Gasteiger partial charge in [0.15, 0.2) is 0 Å². The summed E-state index contributed by atoms with van der Waals surface area (Å²) in [7, 11) is 0. The van der Waals surface area contributed by atoms with Crippen LogP contribution >= 0.6 is 0 Å². The van der Waals surface area contributed by atoms with Crippen molar-refractivity contribution in [3.8, 4) is 0 Å². The smallest absolute Gasteiger partial charge is 0.0633 e. The number of benzene rings is 1. The topological polar surface area (TPSA) is 52.5 Å². The lowest BCUT2D eigenvalue weighted by atomic mass is 10.0. The van der Waals surface area contributed by atoms with Crippen LogP contribution in [0.2, 0.25) is 0 Å². The van der Waals surface area contributed by atoms with Gasteiger partial charge in [-0.25, -0.2) is 0 Å². The van der Waals surface area contributed by atoms with Gasteiger partial charge >= 0.3 is 0 Å². The van der Waals surface area contributed by atoms with Crippen LogP contribution in [0.3, 0.4) is 0 Å². The van der Waals surface area contributed by atoms with Gasteiger partial charge in [-0.2, -0.15) is 0 Å². The van der Waals surface area contributed by atoms with Gasteiger partial charge in [0.2, 0.25) is 0 Å². The quantitative estimate of drug-likeness (QED) is 0.672. The van der Waals surface area contributed by atoms with Gasteiger partial charge < -0.3 is 15.5 Å². The van der Waals surface area contributed by atoms with Crippen molar-refractivity contribution in [2.24, 2.45) is 0 Å². The molecule has 1 rings (SSSR count). The molecular weight excluding hydrogens is 202 g/mol. The van der Waals surface area contributed by atoms with E-state index in [2.05, 4.69) is 11.9 Å². The summed E-state index contributed by atoms with van der Waals surface area (Å²) >= 11 is 0. The number of hydrogen-bond donors (Lipinski definition) is 3. The first-order chi connectivity index (χ1) is 7.61. The molecule has 88 valence electrons. The van der Waals surface area contributed by atoms with Crippen molar-refractivity contribution in [1.29, 1.82) is 0 Å². The first-order valence-corrected chi connectivity index (χ1v) is 5.31. The number of aliphatic hydroxyl groups excluding tert-OH is 2. The normalized spacial score (nSPS) is 11.4. The second-order valence-electron chi connectivity index (χ2n) is 4.20. The highest BCUT2D eigenvalue weighted by molar-refractivity contribution is 5.64. The molecule has 3 N–H and O–H groups in total. The van der Waals surface area contributed by atoms with E-state index in [1.807, 2.05) is 30.3 Å². The Hall–Kier alpha value is -1.16. The fraction of sp³-hybridized carbons (Fsp3) is 0.385. The lowest BCUT2D eigenvalue weighted by molar-refractivity contribution is 0.108. The first-order valence-electron chi connectivity index (χ1n) is 5.31. The van der Waals surface area contributed by atoms with Crippen molar-refractivity contribution >= 4 is 5.57 Å². The second kappa shape index (κ2) is 5.80. The molecule has 1 aromatic rings. The summed E-state index contributed by atoms with van der Waals surface area (Å²) in [6, 6.07) is 9.84. The predicted octanol–water partition coefficient (Wildman–Crippen LogP) is 1.03. The largest absolute Gasteiger partial charge is 0.394 e. The van der Waals surface area contributed by atoms with E-state index in [1.165, 1.54) is 0 Å². The molecule has 3 nitrogen and oxygen atoms in total. The number of nitrogens with one attached hydrogen (secondary N) is 1. The zero-order valence-electron chi connectivity index (χ0n) is 9.61. The molecule has 0 aliphatic rings. The van der Waals surface area contributed by atoms with Crippen molar-refractivity contribution in [2.45, 2.75) is 12.5 Å². The molecule has 0 bridgehead atoms. The molecule has 0 atom stereocenters. The van der Waals surface area contributed by atoms with Gasteiger partial charge in [0.05, 0.1) is 18.8 Å². The number of hydrogen-bond acceptors (Lipinski definition) is 3. The Morgan fingerprint density at radius 3 is 2.31 bits per heavy atom. The highest BCUT2D eigenvalue weighted by atomic mass is 16.3. The molecule has 0 unspecified atom stereocenters. The average molecular weight is 221 g/mol. The number of aliphatic hydroxyl groups is 2. The maximum atomic E-state index is 9.12. The Morgan fingerprint density at radius 1 is 1.25 bits per heavy atom. The highest BCUT2D eigenvalue weighted by Crippen LogP contribution is 2.11. The van der Waals surface area contributed by atoms with Crippen molar-refractivity contribution < 1.29 is 10.2 Å². The molecule has 0 heterocycles. The third-order valence-electron chi connectivity index (χ3n) is 2.61. The molecule has 0 fully saturated rings. The Labute approximate surface area is 96.4 Å². The standard InChI is InChI=1S/C13H19NO2/c1-11(12-6-4-3-5-7-12)8-14-13(2,9-15)10-16/h3-7,14-16H,1,8-10H2,2H3. The van der Waals surface area contributed by atoms with Gasteiger partial charge in [-0.3, -0.25) is 0 Å². The highest BCUT2D eigenvalue weighted by Gasteiger charge is 2.21. The summed E-state index contributed by atoms with van der Waals surface area (Å²) in [6.07, 6.45) is 0. The van der Waals surface area contributed by atoms with Crippen LogP contribution in [0.25, 0.3) is 5.57 Å². The van der Waals surface area contributed by atoms with Gasteiger partial charge in [-0.05, 0) is 18.1 Å². The van der Waals surface area contributed by atoms with Gasteiger partial charge in [-0.1, -0.05) is 36.9 Å². The van der Waals surface area contributed by atoms with E-state index in [-0.39, 0.29) is 13.2 Å². The van der Waals surface area contributed by atoms with E-state index >= 15 is 0 Å². The van der Waals surface area contributed by atoms with E-state index in [1.54, 1.807) is 6.92 Å². The molecule has 0 aliphatic heterocycles. The predicted molar refractivity (Wildman–Crippen MR) is 66.1 cm³/mol. The third-order valence-corrected chi connectivity index (χ3v) is 2.61. The monoisotopic (exact) mass is 221 g/mol. The fourth-order valence-electron chi connectivity index (χ4n) is 1.26. The summed E-state index contributed by atoms with van der Waals surface area (Å²) < 4.78 is 0. The Balaban J connectivity index is 2.54. The van der Waals surface area contributed by atoms with E-state index in [0.29, 0.717) is 6.54 Å². The van der Waals surface area contributed by atoms with Crippen molar-refractivity contribution in [2.75, 3.05) is 19.8 Å². The Bertz CT molecular complexity index is 331. The zero-order chi connectivity index (χ0) is 12.0. The maximum Gasteiger partial charge on any atom is 0.0633 e. The Kier molecular flexibility index (Phi) is 4.68. The molecule has 0 aromatic heterocycles. The van der Waals surface area contributed by atoms with Crippen LogP contribution in [0.4, 0.5) is 0 Å². The zero-order valence-corrected chi connectivity index (χ0v) is 9.61. The van der Waals surface area contributed by atoms with Crippen LogP contribution in [0.5, 0.6) is 0 Å². The molecule has 16 heavy (non-hydrogen) atoms. The molecule has 0 radical (unpaired) electrons. The van der Waals surface area contributed by atoms with Crippen LogP contribution < -0.4 is 5.32 Å². The van der Waals surface area contributed by atoms with Crippen molar-refractivity contribution in [1.82, 2.24) is 5.32 Å². The van der Waals surface area contributed by atoms with Gasteiger partial charge in [-0.15, -0.1) is 0 Å². The van der Waals surface area contributed by atoms with Crippen molar-refractivity contribution in [3.63, 3.8) is 0 Å². The SMILES string of the molecule is C=C(CNC(C)(CO)CO)c1ccccc1. The molecule has 0 amide bonds. The maximum absolute atomic E-state index is 9.12.